The molecule has 0 aromatic rings. The van der Waals surface area contributed by atoms with Gasteiger partial charge in [0.15, 0.2) is 0 Å². The number of rotatable bonds is 7. The van der Waals surface area contributed by atoms with Gasteiger partial charge in [0, 0.05) is 46.0 Å². The molecule has 3 N–H and O–H groups in total. The second-order valence-corrected chi connectivity index (χ2v) is 8.15. The molecule has 3 nitrogen and oxygen atoms in total. The Morgan fingerprint density at radius 3 is 1.32 bits per heavy atom. The summed E-state index contributed by atoms with van der Waals surface area (Å²) in [5, 5.41) is 24.2. The number of aliphatic hydroxyl groups is 3. The topological polar surface area (TPSA) is 60.7 Å². The van der Waals surface area contributed by atoms with Crippen LogP contribution in [0.1, 0.15) is 65.7 Å². The van der Waals surface area contributed by atoms with E-state index in [1.54, 1.807) is 0 Å². The van der Waals surface area contributed by atoms with E-state index in [0.29, 0.717) is 26.2 Å². The van der Waals surface area contributed by atoms with Gasteiger partial charge in [-0.1, -0.05) is 40.0 Å². The van der Waals surface area contributed by atoms with Crippen LogP contribution in [0, 0.1) is 6.08 Å². The second-order valence-electron chi connectivity index (χ2n) is 4.93. The van der Waals surface area contributed by atoms with Crippen LogP contribution in [0.5, 0.6) is 0 Å². The van der Waals surface area contributed by atoms with Crippen molar-refractivity contribution in [3.05, 3.63) is 22.6 Å². The van der Waals surface area contributed by atoms with E-state index in [9.17, 15) is 10.5 Å². The van der Waals surface area contributed by atoms with Crippen molar-refractivity contribution in [1.29, 1.82) is 0 Å². The van der Waals surface area contributed by atoms with Crippen LogP contribution in [0.3, 0.4) is 0 Å². The van der Waals surface area contributed by atoms with E-state index >= 15 is 0 Å². The van der Waals surface area contributed by atoms with Gasteiger partial charge in [-0.25, -0.2) is 0 Å². The quantitative estimate of drug-likeness (QED) is 0.354. The van der Waals surface area contributed by atoms with Crippen molar-refractivity contribution in [3.63, 3.8) is 0 Å². The Morgan fingerprint density at radius 2 is 1.24 bits per heavy atom. The molecule has 0 saturated carbocycles. The van der Waals surface area contributed by atoms with Crippen molar-refractivity contribution in [2.24, 2.45) is 0 Å². The molecule has 0 saturated heterocycles. The van der Waals surface area contributed by atoms with E-state index < -0.39 is 19.1 Å². The summed E-state index contributed by atoms with van der Waals surface area (Å²) in [5.41, 5.74) is 0. The van der Waals surface area contributed by atoms with Crippen LogP contribution < -0.4 is 0 Å². The number of aliphatic hydroxyl groups excluding tert-OH is 3. The third-order valence-electron chi connectivity index (χ3n) is 2.54. The average Bonchev–Trinajstić information content (AvgIpc) is 3.06. The summed E-state index contributed by atoms with van der Waals surface area (Å²) in [7, 11) is 0. The van der Waals surface area contributed by atoms with Crippen molar-refractivity contribution in [1.82, 2.24) is 0 Å². The fraction of sp³-hybridized carbons (Fsp3) is 0.765. The van der Waals surface area contributed by atoms with E-state index in [0.717, 1.165) is 44.6 Å². The molecule has 0 aromatic heterocycles. The standard InChI is InChI=1S/C5H4F3Ge.3C4H10O.Zr/c6-9(7,8)5-3-1-2-4-5;3*1-2-3-4-5;/h1,3H,2H2;3*5H,2-4H2,1H3;/q-1;;;;. The summed E-state index contributed by atoms with van der Waals surface area (Å²) in [5.74, 6) is 0. The molecule has 0 bridgehead atoms. The van der Waals surface area contributed by atoms with Gasteiger partial charge in [0.25, 0.3) is 0 Å². The zero-order chi connectivity index (χ0) is 19.3. The van der Waals surface area contributed by atoms with Gasteiger partial charge in [0.2, 0.25) is 0 Å². The van der Waals surface area contributed by atoms with Crippen molar-refractivity contribution in [3.8, 4) is 0 Å². The predicted molar refractivity (Wildman–Crippen MR) is 95.6 cm³/mol. The van der Waals surface area contributed by atoms with Gasteiger partial charge < -0.3 is 15.3 Å². The molecule has 1 aliphatic rings. The Hall–Kier alpha value is 0.576. The van der Waals surface area contributed by atoms with E-state index in [1.807, 2.05) is 0 Å². The fourth-order valence-corrected chi connectivity index (χ4v) is 2.35. The number of allylic oxidation sites excluding steroid dienone is 4. The summed E-state index contributed by atoms with van der Waals surface area (Å²) in [6.45, 7) is 7.19. The Labute approximate surface area is 174 Å². The molecule has 150 valence electrons. The number of halogens is 3. The summed E-state index contributed by atoms with van der Waals surface area (Å²) in [6.07, 6.45) is 11.3. The molecule has 1 aliphatic carbocycles. The molecule has 8 heteroatoms. The predicted octanol–water partition coefficient (Wildman–Crippen LogP) is 4.40. The van der Waals surface area contributed by atoms with Crippen LogP contribution >= 0.6 is 0 Å². The molecule has 0 atom stereocenters. The van der Waals surface area contributed by atoms with Gasteiger partial charge in [-0.15, -0.1) is 0 Å². The van der Waals surface area contributed by atoms with Gasteiger partial charge in [-0.3, -0.25) is 0 Å². The third-order valence-corrected chi connectivity index (χ3v) is 4.54. The molecule has 0 fully saturated rings. The molecule has 0 aromatic carbocycles. The fourth-order valence-electron chi connectivity index (χ4n) is 1.07. The van der Waals surface area contributed by atoms with Gasteiger partial charge in [-0.05, 0) is 19.3 Å². The molecule has 0 spiro atoms. The first-order chi connectivity index (χ1) is 11.3. The maximum Gasteiger partial charge on any atom is 0 e. The van der Waals surface area contributed by atoms with Crippen LogP contribution in [-0.2, 0) is 26.2 Å². The summed E-state index contributed by atoms with van der Waals surface area (Å²) < 4.78 is 34.9. The third kappa shape index (κ3) is 32.7. The van der Waals surface area contributed by atoms with Crippen LogP contribution in [0.2, 0.25) is 0 Å². The van der Waals surface area contributed by atoms with Crippen molar-refractivity contribution < 1.29 is 52.0 Å². The Kier molecular flexibility index (Phi) is 35.6. The van der Waals surface area contributed by atoms with Crippen molar-refractivity contribution in [2.45, 2.75) is 65.7 Å². The Morgan fingerprint density at radius 1 is 0.880 bits per heavy atom. The molecule has 0 amide bonds. The molecule has 25 heavy (non-hydrogen) atoms. The normalized spacial score (nSPS) is 11.6. The maximum absolute atomic E-state index is 11.8. The zero-order valence-electron chi connectivity index (χ0n) is 15.7. The smallest absolute Gasteiger partial charge is 0 e. The molecule has 0 radical (unpaired) electrons. The molecular formula is C17H34F3GeO3Zr-. The van der Waals surface area contributed by atoms with Crippen LogP contribution in [0.4, 0.5) is 10.5 Å². The minimum Gasteiger partial charge on any atom is 0 e. The molecule has 0 aliphatic heterocycles. The minimum atomic E-state index is -5.96. The monoisotopic (exact) mass is 507 g/mol. The van der Waals surface area contributed by atoms with Gasteiger partial charge >= 0.3 is 54.2 Å². The van der Waals surface area contributed by atoms with E-state index in [1.165, 1.54) is 6.08 Å². The van der Waals surface area contributed by atoms with Crippen LogP contribution in [-0.4, -0.2) is 49.8 Å². The first kappa shape index (κ1) is 33.2. The molecule has 0 unspecified atom stereocenters. The maximum atomic E-state index is 11.8. The largest absolute Gasteiger partial charge is 0 e. The van der Waals surface area contributed by atoms with Crippen LogP contribution in [0.15, 0.2) is 16.6 Å². The molecule has 0 heterocycles. The van der Waals surface area contributed by atoms with Crippen LogP contribution in [0.25, 0.3) is 0 Å². The van der Waals surface area contributed by atoms with Gasteiger partial charge in [0.05, 0.1) is 0 Å². The Bertz CT molecular complexity index is 279. The van der Waals surface area contributed by atoms with Crippen molar-refractivity contribution >= 4 is 14.7 Å². The summed E-state index contributed by atoms with van der Waals surface area (Å²) >= 11 is -5.96. The van der Waals surface area contributed by atoms with E-state index in [2.05, 4.69) is 26.8 Å². The van der Waals surface area contributed by atoms with Gasteiger partial charge in [-0.2, -0.15) is 0 Å². The first-order valence-corrected chi connectivity index (χ1v) is 11.9. The number of unbranched alkanes of at least 4 members (excludes halogenated alkanes) is 3. The molecule has 1 rings (SSSR count). The zero-order valence-corrected chi connectivity index (χ0v) is 20.3. The first-order valence-electron chi connectivity index (χ1n) is 8.52. The van der Waals surface area contributed by atoms with Crippen molar-refractivity contribution in [2.75, 3.05) is 19.8 Å². The SMILES string of the molecule is CCCCO.CCCCO.CCCCO.[F][Ge]([F])([F])[C]1=[C-]CC=C1.[Zr]. The molecular weight excluding hydrogens is 473 g/mol. The van der Waals surface area contributed by atoms with E-state index in [-0.39, 0.29) is 26.2 Å². The second kappa shape index (κ2) is 26.8. The summed E-state index contributed by atoms with van der Waals surface area (Å²) in [6, 6.07) is 0. The number of hydrogen-bond donors (Lipinski definition) is 3. The summed E-state index contributed by atoms with van der Waals surface area (Å²) in [4.78, 5) is 0. The Balaban J connectivity index is -0.000000122. The average molecular weight is 507 g/mol. The number of hydrogen-bond acceptors (Lipinski definition) is 3. The minimum absolute atomic E-state index is 0. The van der Waals surface area contributed by atoms with Gasteiger partial charge in [0.1, 0.15) is 0 Å². The van der Waals surface area contributed by atoms with E-state index in [4.69, 9.17) is 15.3 Å².